The Kier molecular flexibility index (Phi) is 4.08. The van der Waals surface area contributed by atoms with Crippen LogP contribution in [0.5, 0.6) is 0 Å². The van der Waals surface area contributed by atoms with Crippen LogP contribution >= 0.6 is 20.7 Å². The van der Waals surface area contributed by atoms with Crippen LogP contribution in [-0.4, -0.2) is 10.0 Å². The van der Waals surface area contributed by atoms with Gasteiger partial charge in [0.2, 0.25) is 0 Å². The third-order valence-corrected chi connectivity index (χ3v) is 3.76. The minimum atomic E-state index is -0.205. The summed E-state index contributed by atoms with van der Waals surface area (Å²) in [5, 5.41) is 5.61. The van der Waals surface area contributed by atoms with Crippen molar-refractivity contribution in [1.29, 1.82) is 0 Å². The second kappa shape index (κ2) is 5.77. The lowest BCUT2D eigenvalue weighted by Gasteiger charge is -2.13. The third-order valence-electron chi connectivity index (χ3n) is 2.21. The molecule has 0 saturated carbocycles. The van der Waals surface area contributed by atoms with Crippen molar-refractivity contribution in [2.24, 2.45) is 0 Å². The second-order valence-corrected chi connectivity index (χ2v) is 5.79. The van der Waals surface area contributed by atoms with Gasteiger partial charge >= 0.3 is 6.03 Å². The summed E-state index contributed by atoms with van der Waals surface area (Å²) in [6, 6.07) is -0.205. The first-order valence-electron chi connectivity index (χ1n) is 5.19. The van der Waals surface area contributed by atoms with E-state index in [0.29, 0.717) is 6.42 Å². The molecule has 2 amide bonds. The molecule has 0 spiro atoms. The molecule has 0 radical (unpaired) electrons. The van der Waals surface area contributed by atoms with Gasteiger partial charge in [0.1, 0.15) is 0 Å². The highest BCUT2D eigenvalue weighted by molar-refractivity contribution is 14.2. The summed E-state index contributed by atoms with van der Waals surface area (Å²) in [6.07, 6.45) is 10.3. The van der Waals surface area contributed by atoms with Crippen molar-refractivity contribution in [1.82, 2.24) is 10.6 Å². The van der Waals surface area contributed by atoms with Gasteiger partial charge in [-0.05, 0) is 31.9 Å². The molecule has 2 N–H and O–H groups in total. The molecular formula is C13H13IN2O. The van der Waals surface area contributed by atoms with E-state index in [1.807, 2.05) is 30.4 Å². The van der Waals surface area contributed by atoms with Crippen LogP contribution in [0.4, 0.5) is 4.79 Å². The monoisotopic (exact) mass is 340 g/mol. The normalized spacial score (nSPS) is 18.0. The van der Waals surface area contributed by atoms with E-state index in [0.717, 1.165) is 17.0 Å². The fourth-order valence-corrected chi connectivity index (χ4v) is 2.88. The molecular weight excluding hydrogens is 327 g/mol. The molecule has 0 aromatic heterocycles. The Bertz CT molecular complexity index is 496. The van der Waals surface area contributed by atoms with Gasteiger partial charge in [-0.25, -0.2) is 4.79 Å². The Morgan fingerprint density at radius 2 is 2.18 bits per heavy atom. The Hall–Kier alpha value is -1.43. The molecule has 0 fully saturated rings. The molecule has 0 aromatic carbocycles. The van der Waals surface area contributed by atoms with E-state index in [1.54, 1.807) is 0 Å². The van der Waals surface area contributed by atoms with Crippen molar-refractivity contribution in [2.75, 3.05) is 0 Å². The van der Waals surface area contributed by atoms with Crippen molar-refractivity contribution < 1.29 is 4.79 Å². The molecule has 2 aliphatic rings. The van der Waals surface area contributed by atoms with Crippen LogP contribution in [0.3, 0.4) is 0 Å². The van der Waals surface area contributed by atoms with Crippen LogP contribution in [0.2, 0.25) is 0 Å². The largest absolute Gasteiger partial charge is 0.323 e. The number of carbonyl (C=O) groups is 1. The lowest BCUT2D eigenvalue weighted by molar-refractivity contribution is 0.246. The van der Waals surface area contributed by atoms with Gasteiger partial charge in [-0.15, -0.1) is 0 Å². The molecule has 0 saturated heterocycles. The molecule has 4 heteroatoms. The molecule has 1 aliphatic carbocycles. The van der Waals surface area contributed by atoms with Gasteiger partial charge in [-0.1, -0.05) is 39.5 Å². The van der Waals surface area contributed by atoms with E-state index < -0.39 is 0 Å². The Morgan fingerprint density at radius 1 is 1.29 bits per heavy atom. The SMILES string of the molecule is C=C1C=CC=C(NC(=O)NC2=CC=IC=C2)C1. The molecule has 0 unspecified atom stereocenters. The standard InChI is InChI=1S/C13H13IN2O/c1-10-3-2-4-12(9-10)16-13(17)15-11-5-7-14-8-6-11/h2-8H,1,9H2,(H2,15,16,17). The Balaban J connectivity index is 1.90. The molecule has 3 nitrogen and oxygen atoms in total. The minimum Gasteiger partial charge on any atom is -0.311 e. The van der Waals surface area contributed by atoms with Crippen molar-refractivity contribution in [3.8, 4) is 0 Å². The van der Waals surface area contributed by atoms with Crippen molar-refractivity contribution in [3.05, 3.63) is 58.0 Å². The van der Waals surface area contributed by atoms with Crippen LogP contribution in [0.1, 0.15) is 6.42 Å². The predicted molar refractivity (Wildman–Crippen MR) is 80.0 cm³/mol. The maximum absolute atomic E-state index is 11.7. The highest BCUT2D eigenvalue weighted by Gasteiger charge is 2.07. The quantitative estimate of drug-likeness (QED) is 0.746. The van der Waals surface area contributed by atoms with Crippen LogP contribution < -0.4 is 10.6 Å². The smallest absolute Gasteiger partial charge is 0.311 e. The number of hydrogen-bond acceptors (Lipinski definition) is 1. The summed E-state index contributed by atoms with van der Waals surface area (Å²) in [6.45, 7) is 3.86. The summed E-state index contributed by atoms with van der Waals surface area (Å²) in [5.74, 6) is 0. The van der Waals surface area contributed by atoms with E-state index in [-0.39, 0.29) is 26.8 Å². The van der Waals surface area contributed by atoms with Gasteiger partial charge in [0.15, 0.2) is 0 Å². The molecule has 0 aromatic rings. The molecule has 17 heavy (non-hydrogen) atoms. The first-order chi connectivity index (χ1) is 8.24. The number of nitrogens with one attached hydrogen (secondary N) is 2. The predicted octanol–water partition coefficient (Wildman–Crippen LogP) is 2.87. The maximum Gasteiger partial charge on any atom is 0.323 e. The zero-order valence-electron chi connectivity index (χ0n) is 9.24. The first-order valence-corrected chi connectivity index (χ1v) is 7.68. The third kappa shape index (κ3) is 3.81. The van der Waals surface area contributed by atoms with E-state index in [1.165, 1.54) is 0 Å². The first kappa shape index (κ1) is 12.0. The number of amides is 2. The van der Waals surface area contributed by atoms with Gasteiger partial charge in [0.25, 0.3) is 0 Å². The van der Waals surface area contributed by atoms with Crippen molar-refractivity contribution in [3.63, 3.8) is 0 Å². The second-order valence-electron chi connectivity index (χ2n) is 3.63. The number of halogens is 1. The van der Waals surface area contributed by atoms with E-state index in [4.69, 9.17) is 0 Å². The number of rotatable bonds is 2. The van der Waals surface area contributed by atoms with Crippen LogP contribution in [0.15, 0.2) is 58.0 Å². The van der Waals surface area contributed by atoms with Gasteiger partial charge in [-0.3, -0.25) is 0 Å². The average molecular weight is 340 g/mol. The molecule has 0 atom stereocenters. The van der Waals surface area contributed by atoms with E-state index in [2.05, 4.69) is 25.3 Å². The number of urea groups is 1. The zero-order chi connectivity index (χ0) is 12.1. The average Bonchev–Trinajstić information content (AvgIpc) is 2.30. The fourth-order valence-electron chi connectivity index (χ4n) is 1.45. The van der Waals surface area contributed by atoms with E-state index in [9.17, 15) is 4.79 Å². The maximum atomic E-state index is 11.7. The number of carbonyl (C=O) groups excluding carboxylic acids is 1. The highest BCUT2D eigenvalue weighted by atomic mass is 127. The molecule has 1 heterocycles. The summed E-state index contributed by atoms with van der Waals surface area (Å²) in [5.41, 5.74) is 2.70. The summed E-state index contributed by atoms with van der Waals surface area (Å²) < 4.78 is 4.22. The molecule has 1 aliphatic heterocycles. The molecule has 88 valence electrons. The number of hydrogen-bond donors (Lipinski definition) is 2. The Labute approximate surface area is 110 Å². The van der Waals surface area contributed by atoms with Gasteiger partial charge in [-0.2, -0.15) is 0 Å². The van der Waals surface area contributed by atoms with Crippen LogP contribution in [0, 0.1) is 0 Å². The minimum absolute atomic E-state index is 0.0523. The van der Waals surface area contributed by atoms with Crippen molar-refractivity contribution >= 4 is 30.8 Å². The van der Waals surface area contributed by atoms with E-state index >= 15 is 0 Å². The topological polar surface area (TPSA) is 41.1 Å². The number of allylic oxidation sites excluding steroid dienone is 6. The fraction of sp³-hybridized carbons (Fsp3) is 0.0769. The highest BCUT2D eigenvalue weighted by Crippen LogP contribution is 2.13. The van der Waals surface area contributed by atoms with Crippen LogP contribution in [0.25, 0.3) is 0 Å². The van der Waals surface area contributed by atoms with Gasteiger partial charge in [0.05, 0.1) is 0 Å². The lowest BCUT2D eigenvalue weighted by Crippen LogP contribution is -2.34. The van der Waals surface area contributed by atoms with Gasteiger partial charge < -0.3 is 10.6 Å². The zero-order valence-corrected chi connectivity index (χ0v) is 11.4. The molecule has 2 rings (SSSR count). The Morgan fingerprint density at radius 3 is 2.88 bits per heavy atom. The molecule has 0 bridgehead atoms. The summed E-state index contributed by atoms with van der Waals surface area (Å²) >= 11 is 0.0523. The lowest BCUT2D eigenvalue weighted by atomic mass is 10.1. The van der Waals surface area contributed by atoms with Crippen LogP contribution in [-0.2, 0) is 0 Å². The van der Waals surface area contributed by atoms with Gasteiger partial charge in [0, 0.05) is 17.8 Å². The summed E-state index contributed by atoms with van der Waals surface area (Å²) in [7, 11) is 0. The van der Waals surface area contributed by atoms with Crippen molar-refractivity contribution in [2.45, 2.75) is 6.42 Å². The summed E-state index contributed by atoms with van der Waals surface area (Å²) in [4.78, 5) is 11.7.